The van der Waals surface area contributed by atoms with Crippen LogP contribution < -0.4 is 5.32 Å². The van der Waals surface area contributed by atoms with Gasteiger partial charge in [0.25, 0.3) is 10.1 Å². The second-order valence-electron chi connectivity index (χ2n) is 10.3. The average Bonchev–Trinajstić information content (AvgIpc) is 3.41. The molecule has 1 saturated heterocycles. The Hall–Kier alpha value is -2.38. The lowest BCUT2D eigenvalue weighted by atomic mass is 9.80. The van der Waals surface area contributed by atoms with Crippen molar-refractivity contribution in [2.24, 2.45) is 5.92 Å². The Labute approximate surface area is 202 Å². The molecule has 2 aliphatic carbocycles. The smallest absolute Gasteiger partial charge is 0.407 e. The standard InChI is InChI=1S/C27H33NO5S/c1-19-4-10-25(11-5-19)34(30,31)33-14-2-3-20-6-7-22-16-23(9-8-21(22)15-20)24-12-13-27(17-24)18-32-26(29)28-27/h4-5,8-11,16,20,24H,2-3,6-7,12-15,17-18H2,1H3,(H,28,29)/t20?,24-,27+/m0/s1. The van der Waals surface area contributed by atoms with Crippen molar-refractivity contribution in [2.45, 2.75) is 74.6 Å². The summed E-state index contributed by atoms with van der Waals surface area (Å²) in [6.45, 7) is 2.64. The SMILES string of the molecule is Cc1ccc(S(=O)(=O)OCCCC2CCc3cc([C@H]4CC[C@]5(COC(=O)N5)C4)ccc3C2)cc1. The molecule has 1 N–H and O–H groups in total. The van der Waals surface area contributed by atoms with Crippen molar-refractivity contribution in [1.82, 2.24) is 5.32 Å². The number of carbonyl (C=O) groups excluding carboxylic acids is 1. The summed E-state index contributed by atoms with van der Waals surface area (Å²) in [5.41, 5.74) is 5.09. The fourth-order valence-electron chi connectivity index (χ4n) is 5.81. The largest absolute Gasteiger partial charge is 0.447 e. The van der Waals surface area contributed by atoms with Crippen molar-refractivity contribution in [3.63, 3.8) is 0 Å². The number of alkyl carbamates (subject to hydrolysis) is 1. The van der Waals surface area contributed by atoms with Crippen LogP contribution >= 0.6 is 0 Å². The van der Waals surface area contributed by atoms with Gasteiger partial charge >= 0.3 is 6.09 Å². The Morgan fingerprint density at radius 2 is 1.94 bits per heavy atom. The second-order valence-corrected chi connectivity index (χ2v) is 11.9. The molecule has 1 amide bonds. The first-order chi connectivity index (χ1) is 16.3. The van der Waals surface area contributed by atoms with Crippen LogP contribution in [0.15, 0.2) is 47.4 Å². The third-order valence-electron chi connectivity index (χ3n) is 7.79. The molecule has 7 heteroatoms. The van der Waals surface area contributed by atoms with Gasteiger partial charge in [0.05, 0.1) is 17.0 Å². The van der Waals surface area contributed by atoms with E-state index in [1.54, 1.807) is 24.3 Å². The monoisotopic (exact) mass is 483 g/mol. The zero-order valence-corrected chi connectivity index (χ0v) is 20.5. The number of rotatable bonds is 7. The molecule has 1 aliphatic heterocycles. The van der Waals surface area contributed by atoms with Gasteiger partial charge in [0.1, 0.15) is 6.61 Å². The van der Waals surface area contributed by atoms with E-state index in [2.05, 4.69) is 23.5 Å². The van der Waals surface area contributed by atoms with Gasteiger partial charge in [-0.2, -0.15) is 8.42 Å². The van der Waals surface area contributed by atoms with Crippen LogP contribution in [0.2, 0.25) is 0 Å². The Balaban J connectivity index is 1.11. The highest BCUT2D eigenvalue weighted by molar-refractivity contribution is 7.86. The van der Waals surface area contributed by atoms with Crippen molar-refractivity contribution >= 4 is 16.2 Å². The van der Waals surface area contributed by atoms with E-state index in [1.165, 1.54) is 16.7 Å². The molecule has 1 saturated carbocycles. The van der Waals surface area contributed by atoms with Crippen molar-refractivity contribution < 1.29 is 22.1 Å². The quantitative estimate of drug-likeness (QED) is 0.441. The first kappa shape index (κ1) is 23.4. The van der Waals surface area contributed by atoms with Crippen LogP contribution in [0.1, 0.15) is 66.7 Å². The molecule has 1 unspecified atom stereocenters. The highest BCUT2D eigenvalue weighted by atomic mass is 32.2. The Morgan fingerprint density at radius 1 is 1.12 bits per heavy atom. The number of aryl methyl sites for hydroxylation is 2. The number of cyclic esters (lactones) is 1. The van der Waals surface area contributed by atoms with Crippen LogP contribution in [0.5, 0.6) is 0 Å². The first-order valence-electron chi connectivity index (χ1n) is 12.3. The van der Waals surface area contributed by atoms with Gasteiger partial charge in [0.15, 0.2) is 0 Å². The molecule has 3 aliphatic rings. The van der Waals surface area contributed by atoms with E-state index >= 15 is 0 Å². The number of amides is 1. The van der Waals surface area contributed by atoms with Crippen LogP contribution in [0, 0.1) is 12.8 Å². The molecule has 1 spiro atoms. The predicted molar refractivity (Wildman–Crippen MR) is 129 cm³/mol. The van der Waals surface area contributed by atoms with Crippen molar-refractivity contribution in [3.05, 3.63) is 64.7 Å². The van der Waals surface area contributed by atoms with E-state index < -0.39 is 10.1 Å². The topological polar surface area (TPSA) is 81.7 Å². The van der Waals surface area contributed by atoms with Gasteiger partial charge in [-0.1, -0.05) is 35.9 Å². The maximum atomic E-state index is 12.3. The van der Waals surface area contributed by atoms with Gasteiger partial charge in [0, 0.05) is 0 Å². The third-order valence-corrected chi connectivity index (χ3v) is 9.12. The van der Waals surface area contributed by atoms with E-state index in [0.29, 0.717) is 18.4 Å². The van der Waals surface area contributed by atoms with E-state index in [-0.39, 0.29) is 23.1 Å². The Bertz CT molecular complexity index is 1160. The van der Waals surface area contributed by atoms with E-state index in [0.717, 1.165) is 56.9 Å². The Morgan fingerprint density at radius 3 is 2.71 bits per heavy atom. The summed E-state index contributed by atoms with van der Waals surface area (Å²) >= 11 is 0. The second kappa shape index (κ2) is 9.34. The highest BCUT2D eigenvalue weighted by Gasteiger charge is 2.46. The number of hydrogen-bond acceptors (Lipinski definition) is 5. The summed E-state index contributed by atoms with van der Waals surface area (Å²) in [6.07, 6.45) is 7.66. The summed E-state index contributed by atoms with van der Waals surface area (Å²) in [7, 11) is -3.68. The molecule has 0 aromatic heterocycles. The van der Waals surface area contributed by atoms with Crippen molar-refractivity contribution in [2.75, 3.05) is 13.2 Å². The number of fused-ring (bicyclic) bond motifs is 1. The number of hydrogen-bond donors (Lipinski definition) is 1. The molecule has 0 radical (unpaired) electrons. The summed E-state index contributed by atoms with van der Waals surface area (Å²) < 4.78 is 35.1. The minimum atomic E-state index is -3.68. The van der Waals surface area contributed by atoms with Gasteiger partial charge in [-0.3, -0.25) is 4.18 Å². The normalized spacial score (nSPS) is 26.3. The summed E-state index contributed by atoms with van der Waals surface area (Å²) in [4.78, 5) is 11.7. The molecule has 182 valence electrons. The molecule has 0 bridgehead atoms. The lowest BCUT2D eigenvalue weighted by Gasteiger charge is -2.26. The number of ether oxygens (including phenoxy) is 1. The average molecular weight is 484 g/mol. The summed E-state index contributed by atoms with van der Waals surface area (Å²) in [5.74, 6) is 1.03. The fraction of sp³-hybridized carbons (Fsp3) is 0.519. The maximum Gasteiger partial charge on any atom is 0.407 e. The first-order valence-corrected chi connectivity index (χ1v) is 13.8. The molecule has 2 aromatic rings. The Kier molecular flexibility index (Phi) is 6.42. The van der Waals surface area contributed by atoms with Crippen molar-refractivity contribution in [3.8, 4) is 0 Å². The molecule has 6 nitrogen and oxygen atoms in total. The van der Waals surface area contributed by atoms with Crippen LogP contribution in [0.3, 0.4) is 0 Å². The van der Waals surface area contributed by atoms with Crippen LogP contribution in [0.4, 0.5) is 4.79 Å². The number of carbonyl (C=O) groups is 1. The molecule has 5 rings (SSSR count). The van der Waals surface area contributed by atoms with Gasteiger partial charge in [0.2, 0.25) is 0 Å². The van der Waals surface area contributed by atoms with E-state index in [9.17, 15) is 13.2 Å². The zero-order valence-electron chi connectivity index (χ0n) is 19.7. The van der Waals surface area contributed by atoms with Crippen molar-refractivity contribution in [1.29, 1.82) is 0 Å². The molecular formula is C27H33NO5S. The summed E-state index contributed by atoms with van der Waals surface area (Å²) in [5, 5.41) is 3.03. The van der Waals surface area contributed by atoms with Crippen LogP contribution in [-0.2, 0) is 31.9 Å². The number of benzene rings is 2. The molecule has 34 heavy (non-hydrogen) atoms. The van der Waals surface area contributed by atoms with Crippen LogP contribution in [0.25, 0.3) is 0 Å². The molecule has 3 atom stereocenters. The summed E-state index contributed by atoms with van der Waals surface area (Å²) in [6, 6.07) is 13.7. The predicted octanol–water partition coefficient (Wildman–Crippen LogP) is 5.03. The fourth-order valence-corrected chi connectivity index (χ4v) is 6.75. The third kappa shape index (κ3) is 5.01. The molecule has 2 aromatic carbocycles. The molecule has 1 heterocycles. The highest BCUT2D eigenvalue weighted by Crippen LogP contribution is 2.43. The van der Waals surface area contributed by atoms with Gasteiger partial charge in [-0.25, -0.2) is 4.79 Å². The minimum absolute atomic E-state index is 0.169. The maximum absolute atomic E-state index is 12.3. The van der Waals surface area contributed by atoms with E-state index in [1.807, 2.05) is 6.92 Å². The molecule has 2 fully saturated rings. The lowest BCUT2D eigenvalue weighted by Crippen LogP contribution is -2.40. The minimum Gasteiger partial charge on any atom is -0.447 e. The van der Waals surface area contributed by atoms with Gasteiger partial charge in [-0.05, 0) is 98.9 Å². The molecular weight excluding hydrogens is 450 g/mol. The number of nitrogens with one attached hydrogen (secondary N) is 1. The van der Waals surface area contributed by atoms with Gasteiger partial charge < -0.3 is 10.1 Å². The lowest BCUT2D eigenvalue weighted by molar-refractivity contribution is 0.172. The van der Waals surface area contributed by atoms with Gasteiger partial charge in [-0.15, -0.1) is 0 Å². The van der Waals surface area contributed by atoms with E-state index in [4.69, 9.17) is 8.92 Å². The zero-order chi connectivity index (χ0) is 23.8. The van der Waals surface area contributed by atoms with Crippen LogP contribution in [-0.4, -0.2) is 33.3 Å².